The molecule has 0 saturated heterocycles. The van der Waals surface area contributed by atoms with E-state index in [1.165, 1.54) is 18.4 Å². The van der Waals surface area contributed by atoms with Gasteiger partial charge in [-0.1, -0.05) is 6.07 Å². The summed E-state index contributed by atoms with van der Waals surface area (Å²) in [4.78, 5) is 0. The molecule has 0 heterocycles. The lowest BCUT2D eigenvalue weighted by atomic mass is 9.94. The summed E-state index contributed by atoms with van der Waals surface area (Å²) in [6, 6.07) is 6.30. The average molecular weight is 221 g/mol. The van der Waals surface area contributed by atoms with Gasteiger partial charge < -0.3 is 15.2 Å². The smallest absolute Gasteiger partial charge is 0.119 e. The van der Waals surface area contributed by atoms with Crippen molar-refractivity contribution in [1.82, 2.24) is 0 Å². The van der Waals surface area contributed by atoms with Crippen molar-refractivity contribution in [2.45, 2.75) is 24.9 Å². The summed E-state index contributed by atoms with van der Waals surface area (Å²) in [5, 5.41) is 0. The third-order valence-corrected chi connectivity index (χ3v) is 3.37. The van der Waals surface area contributed by atoms with Crippen molar-refractivity contribution >= 4 is 0 Å². The maximum atomic E-state index is 5.84. The highest BCUT2D eigenvalue weighted by Gasteiger charge is 2.43. The largest absolute Gasteiger partial charge is 0.497 e. The Morgan fingerprint density at radius 1 is 1.25 bits per heavy atom. The molecule has 0 radical (unpaired) electrons. The fraction of sp³-hybridized carbons (Fsp3) is 0.538. The van der Waals surface area contributed by atoms with Crippen LogP contribution < -0.4 is 10.5 Å². The van der Waals surface area contributed by atoms with E-state index in [0.29, 0.717) is 13.2 Å². The first-order valence-electron chi connectivity index (χ1n) is 5.61. The lowest BCUT2D eigenvalue weighted by Crippen LogP contribution is -2.20. The van der Waals surface area contributed by atoms with Crippen LogP contribution in [0.2, 0.25) is 0 Å². The number of hydrogen-bond acceptors (Lipinski definition) is 3. The summed E-state index contributed by atoms with van der Waals surface area (Å²) in [5.41, 5.74) is 8.49. The van der Waals surface area contributed by atoms with Gasteiger partial charge in [0.1, 0.15) is 5.75 Å². The summed E-state index contributed by atoms with van der Waals surface area (Å²) in [6.45, 7) is 1.33. The number of rotatable bonds is 5. The third-order valence-electron chi connectivity index (χ3n) is 3.37. The number of benzene rings is 1. The van der Waals surface area contributed by atoms with Crippen LogP contribution in [-0.2, 0) is 16.8 Å². The van der Waals surface area contributed by atoms with Gasteiger partial charge >= 0.3 is 0 Å². The van der Waals surface area contributed by atoms with Crippen LogP contribution in [0.4, 0.5) is 0 Å². The van der Waals surface area contributed by atoms with E-state index >= 15 is 0 Å². The van der Waals surface area contributed by atoms with Gasteiger partial charge in [0.15, 0.2) is 0 Å². The van der Waals surface area contributed by atoms with Crippen LogP contribution in [0.1, 0.15) is 24.0 Å². The van der Waals surface area contributed by atoms with Crippen LogP contribution in [0.3, 0.4) is 0 Å². The van der Waals surface area contributed by atoms with Crippen LogP contribution in [-0.4, -0.2) is 20.8 Å². The molecule has 1 aromatic rings. The van der Waals surface area contributed by atoms with Crippen molar-refractivity contribution in [3.8, 4) is 5.75 Å². The molecule has 0 aromatic heterocycles. The Balaban J connectivity index is 2.33. The maximum absolute atomic E-state index is 5.84. The molecule has 2 rings (SSSR count). The van der Waals surface area contributed by atoms with Crippen LogP contribution in [0, 0.1) is 0 Å². The van der Waals surface area contributed by atoms with Gasteiger partial charge in [-0.25, -0.2) is 0 Å². The van der Waals surface area contributed by atoms with E-state index in [0.717, 1.165) is 11.3 Å². The highest BCUT2D eigenvalue weighted by atomic mass is 16.5. The Labute approximate surface area is 96.5 Å². The van der Waals surface area contributed by atoms with Gasteiger partial charge in [-0.15, -0.1) is 0 Å². The fourth-order valence-electron chi connectivity index (χ4n) is 2.10. The molecule has 16 heavy (non-hydrogen) atoms. The minimum Gasteiger partial charge on any atom is -0.497 e. The molecule has 0 spiro atoms. The molecule has 1 fully saturated rings. The quantitative estimate of drug-likeness (QED) is 0.825. The van der Waals surface area contributed by atoms with Crippen molar-refractivity contribution in [2.75, 3.05) is 20.8 Å². The monoisotopic (exact) mass is 221 g/mol. The Morgan fingerprint density at radius 2 is 2.00 bits per heavy atom. The zero-order valence-corrected chi connectivity index (χ0v) is 9.95. The SMILES string of the molecule is COCc1cc(OC)cc(C2(CN)CC2)c1. The number of hydrogen-bond donors (Lipinski definition) is 1. The van der Waals surface area contributed by atoms with E-state index in [-0.39, 0.29) is 5.41 Å². The third kappa shape index (κ3) is 2.06. The first-order chi connectivity index (χ1) is 7.74. The zero-order valence-electron chi connectivity index (χ0n) is 9.95. The number of nitrogens with two attached hydrogens (primary N) is 1. The summed E-state index contributed by atoms with van der Waals surface area (Å²) in [5.74, 6) is 0.893. The van der Waals surface area contributed by atoms with Crippen molar-refractivity contribution in [3.05, 3.63) is 29.3 Å². The van der Waals surface area contributed by atoms with Gasteiger partial charge in [0, 0.05) is 19.1 Å². The van der Waals surface area contributed by atoms with Crippen molar-refractivity contribution in [1.29, 1.82) is 0 Å². The summed E-state index contributed by atoms with van der Waals surface area (Å²) in [6.07, 6.45) is 2.37. The van der Waals surface area contributed by atoms with E-state index in [2.05, 4.69) is 12.1 Å². The molecule has 0 atom stereocenters. The van der Waals surface area contributed by atoms with Gasteiger partial charge in [0.2, 0.25) is 0 Å². The molecule has 1 aromatic carbocycles. The standard InChI is InChI=1S/C13H19NO2/c1-15-8-10-5-11(7-12(6-10)16-2)13(9-14)3-4-13/h5-7H,3-4,8-9,14H2,1-2H3. The lowest BCUT2D eigenvalue weighted by molar-refractivity contribution is 0.184. The van der Waals surface area contributed by atoms with Gasteiger partial charge in [-0.2, -0.15) is 0 Å². The van der Waals surface area contributed by atoms with Gasteiger partial charge in [-0.05, 0) is 36.1 Å². The van der Waals surface area contributed by atoms with Crippen LogP contribution >= 0.6 is 0 Å². The Bertz CT molecular complexity index is 372. The molecule has 88 valence electrons. The van der Waals surface area contributed by atoms with Crippen molar-refractivity contribution in [3.63, 3.8) is 0 Å². The normalized spacial score (nSPS) is 17.2. The molecule has 0 bridgehead atoms. The predicted molar refractivity (Wildman–Crippen MR) is 63.7 cm³/mol. The molecule has 1 aliphatic rings. The molecule has 3 nitrogen and oxygen atoms in total. The minimum absolute atomic E-state index is 0.205. The van der Waals surface area contributed by atoms with E-state index < -0.39 is 0 Å². The second-order valence-electron chi connectivity index (χ2n) is 4.49. The summed E-state index contributed by atoms with van der Waals surface area (Å²) < 4.78 is 10.5. The molecule has 3 heteroatoms. The van der Waals surface area contributed by atoms with E-state index in [1.807, 2.05) is 6.07 Å². The van der Waals surface area contributed by atoms with Gasteiger partial charge in [0.25, 0.3) is 0 Å². The molecule has 1 saturated carbocycles. The fourth-order valence-corrected chi connectivity index (χ4v) is 2.10. The molecule has 0 aliphatic heterocycles. The predicted octanol–water partition coefficient (Wildman–Crippen LogP) is 1.83. The maximum Gasteiger partial charge on any atom is 0.119 e. The van der Waals surface area contributed by atoms with Gasteiger partial charge in [-0.3, -0.25) is 0 Å². The average Bonchev–Trinajstić information content (AvgIpc) is 3.10. The molecule has 2 N–H and O–H groups in total. The molecular weight excluding hydrogens is 202 g/mol. The topological polar surface area (TPSA) is 44.5 Å². The first kappa shape index (κ1) is 11.4. The second-order valence-corrected chi connectivity index (χ2v) is 4.49. The zero-order chi connectivity index (χ0) is 11.6. The van der Waals surface area contributed by atoms with Crippen molar-refractivity contribution in [2.24, 2.45) is 5.73 Å². The molecular formula is C13H19NO2. The van der Waals surface area contributed by atoms with Crippen LogP contribution in [0.15, 0.2) is 18.2 Å². The van der Waals surface area contributed by atoms with E-state index in [4.69, 9.17) is 15.2 Å². The summed E-state index contributed by atoms with van der Waals surface area (Å²) in [7, 11) is 3.40. The first-order valence-corrected chi connectivity index (χ1v) is 5.61. The van der Waals surface area contributed by atoms with Gasteiger partial charge in [0.05, 0.1) is 13.7 Å². The second kappa shape index (κ2) is 4.44. The molecule has 0 amide bonds. The Morgan fingerprint density at radius 3 is 2.50 bits per heavy atom. The lowest BCUT2D eigenvalue weighted by Gasteiger charge is -2.16. The minimum atomic E-state index is 0.205. The van der Waals surface area contributed by atoms with E-state index in [1.54, 1.807) is 14.2 Å². The Hall–Kier alpha value is -1.06. The van der Waals surface area contributed by atoms with Crippen LogP contribution in [0.25, 0.3) is 0 Å². The van der Waals surface area contributed by atoms with Crippen LogP contribution in [0.5, 0.6) is 5.75 Å². The van der Waals surface area contributed by atoms with Crippen molar-refractivity contribution < 1.29 is 9.47 Å². The Kier molecular flexibility index (Phi) is 3.17. The molecule has 1 aliphatic carbocycles. The summed E-state index contributed by atoms with van der Waals surface area (Å²) >= 11 is 0. The highest BCUT2D eigenvalue weighted by molar-refractivity contribution is 5.41. The molecule has 0 unspecified atom stereocenters. The number of methoxy groups -OCH3 is 2. The number of ether oxygens (including phenoxy) is 2. The van der Waals surface area contributed by atoms with E-state index in [9.17, 15) is 0 Å². The highest BCUT2D eigenvalue weighted by Crippen LogP contribution is 2.48.